The van der Waals surface area contributed by atoms with Crippen molar-refractivity contribution in [2.24, 2.45) is 0 Å². The summed E-state index contributed by atoms with van der Waals surface area (Å²) >= 11 is 0. The number of nitriles is 1. The van der Waals surface area contributed by atoms with Gasteiger partial charge < -0.3 is 10.4 Å². The van der Waals surface area contributed by atoms with Crippen LogP contribution in [-0.2, 0) is 4.79 Å². The second-order valence-electron chi connectivity index (χ2n) is 5.34. The molecule has 1 aliphatic heterocycles. The molecular formula is C17H20N4O3. The summed E-state index contributed by atoms with van der Waals surface area (Å²) in [7, 11) is 0. The first kappa shape index (κ1) is 17.3. The molecule has 0 aliphatic carbocycles. The van der Waals surface area contributed by atoms with E-state index >= 15 is 0 Å². The van der Waals surface area contributed by atoms with Crippen LogP contribution in [0.2, 0.25) is 0 Å². The SMILES string of the molecule is CCCNC(=O)N1C(=O)C(CC)=C(O)CN1c1ccc(C#N)cc1. The van der Waals surface area contributed by atoms with E-state index in [2.05, 4.69) is 5.32 Å². The molecule has 0 aromatic heterocycles. The lowest BCUT2D eigenvalue weighted by Crippen LogP contribution is -2.58. The lowest BCUT2D eigenvalue weighted by atomic mass is 10.1. The second-order valence-corrected chi connectivity index (χ2v) is 5.34. The van der Waals surface area contributed by atoms with Crippen LogP contribution < -0.4 is 10.3 Å². The van der Waals surface area contributed by atoms with Gasteiger partial charge in [0.15, 0.2) is 0 Å². The van der Waals surface area contributed by atoms with E-state index in [-0.39, 0.29) is 17.9 Å². The Morgan fingerprint density at radius 2 is 2.00 bits per heavy atom. The van der Waals surface area contributed by atoms with Crippen LogP contribution >= 0.6 is 0 Å². The molecule has 0 saturated carbocycles. The van der Waals surface area contributed by atoms with E-state index < -0.39 is 11.9 Å². The molecule has 24 heavy (non-hydrogen) atoms. The Morgan fingerprint density at radius 1 is 1.33 bits per heavy atom. The molecule has 0 fully saturated rings. The Kier molecular flexibility index (Phi) is 5.42. The van der Waals surface area contributed by atoms with Crippen molar-refractivity contribution in [2.75, 3.05) is 18.1 Å². The molecule has 7 heteroatoms. The maximum Gasteiger partial charge on any atom is 0.343 e. The number of anilines is 1. The number of nitrogens with one attached hydrogen (secondary N) is 1. The number of hydrazine groups is 1. The number of carbonyl (C=O) groups is 2. The average Bonchev–Trinajstić information content (AvgIpc) is 2.59. The van der Waals surface area contributed by atoms with Crippen molar-refractivity contribution in [3.8, 4) is 6.07 Å². The van der Waals surface area contributed by atoms with Crippen molar-refractivity contribution in [1.82, 2.24) is 10.3 Å². The standard InChI is InChI=1S/C17H20N4O3/c1-3-9-19-17(24)21-16(23)14(4-2)15(22)11-20(21)13-7-5-12(10-18)6-8-13/h5-8,22H,3-4,9,11H2,1-2H3,(H,19,24). The number of rotatable bonds is 4. The molecule has 2 N–H and O–H groups in total. The molecule has 1 aliphatic rings. The van der Waals surface area contributed by atoms with Gasteiger partial charge in [-0.05, 0) is 37.1 Å². The Balaban J connectivity index is 2.41. The number of nitrogens with zero attached hydrogens (tertiary/aromatic N) is 3. The Morgan fingerprint density at radius 3 is 2.54 bits per heavy atom. The number of urea groups is 1. The van der Waals surface area contributed by atoms with Gasteiger partial charge in [0.2, 0.25) is 0 Å². The number of aliphatic hydroxyl groups is 1. The quantitative estimate of drug-likeness (QED) is 0.885. The fourth-order valence-electron chi connectivity index (χ4n) is 2.45. The topological polar surface area (TPSA) is 96.7 Å². The number of imide groups is 1. The summed E-state index contributed by atoms with van der Waals surface area (Å²) in [4.78, 5) is 25.1. The number of hydrogen-bond donors (Lipinski definition) is 2. The first-order valence-corrected chi connectivity index (χ1v) is 7.84. The largest absolute Gasteiger partial charge is 0.510 e. The number of carbonyl (C=O) groups excluding carboxylic acids is 2. The van der Waals surface area contributed by atoms with Crippen LogP contribution in [0.5, 0.6) is 0 Å². The fraction of sp³-hybridized carbons (Fsp3) is 0.353. The third-order valence-corrected chi connectivity index (χ3v) is 3.71. The molecule has 0 saturated heterocycles. The van der Waals surface area contributed by atoms with E-state index in [0.29, 0.717) is 24.2 Å². The second kappa shape index (κ2) is 7.51. The lowest BCUT2D eigenvalue weighted by molar-refractivity contribution is -0.126. The number of benzene rings is 1. The summed E-state index contributed by atoms with van der Waals surface area (Å²) in [6.07, 6.45) is 1.08. The molecule has 0 bridgehead atoms. The molecule has 1 aromatic carbocycles. The number of aliphatic hydroxyl groups excluding tert-OH is 1. The highest BCUT2D eigenvalue weighted by molar-refractivity contribution is 6.06. The average molecular weight is 328 g/mol. The molecule has 7 nitrogen and oxygen atoms in total. The Hall–Kier alpha value is -3.01. The molecule has 2 rings (SSSR count). The molecule has 126 valence electrons. The van der Waals surface area contributed by atoms with Crippen LogP contribution in [0, 0.1) is 11.3 Å². The van der Waals surface area contributed by atoms with Crippen molar-refractivity contribution >= 4 is 17.6 Å². The minimum absolute atomic E-state index is 0.0142. The summed E-state index contributed by atoms with van der Waals surface area (Å²) in [5.41, 5.74) is 1.24. The summed E-state index contributed by atoms with van der Waals surface area (Å²) in [5.74, 6) is -0.592. The van der Waals surface area contributed by atoms with Gasteiger partial charge >= 0.3 is 6.03 Å². The molecule has 0 unspecified atom stereocenters. The molecule has 1 aromatic rings. The number of hydrogen-bond acceptors (Lipinski definition) is 5. The van der Waals surface area contributed by atoms with E-state index in [4.69, 9.17) is 5.26 Å². The third kappa shape index (κ3) is 3.33. The summed E-state index contributed by atoms with van der Waals surface area (Å²) in [6, 6.07) is 7.94. The fourth-order valence-corrected chi connectivity index (χ4v) is 2.45. The molecular weight excluding hydrogens is 308 g/mol. The van der Waals surface area contributed by atoms with Crippen LogP contribution in [0.25, 0.3) is 0 Å². The third-order valence-electron chi connectivity index (χ3n) is 3.71. The molecule has 0 atom stereocenters. The van der Waals surface area contributed by atoms with Crippen LogP contribution in [0.3, 0.4) is 0 Å². The normalized spacial score (nSPS) is 14.6. The van der Waals surface area contributed by atoms with Crippen molar-refractivity contribution < 1.29 is 14.7 Å². The monoisotopic (exact) mass is 328 g/mol. The zero-order chi connectivity index (χ0) is 17.7. The van der Waals surface area contributed by atoms with Crippen LogP contribution in [0.15, 0.2) is 35.6 Å². The van der Waals surface area contributed by atoms with E-state index in [1.807, 2.05) is 13.0 Å². The summed E-state index contributed by atoms with van der Waals surface area (Å²) in [6.45, 7) is 4.13. The maximum atomic E-state index is 12.6. The van der Waals surface area contributed by atoms with Crippen molar-refractivity contribution in [3.63, 3.8) is 0 Å². The highest BCUT2D eigenvalue weighted by atomic mass is 16.3. The van der Waals surface area contributed by atoms with Crippen molar-refractivity contribution in [3.05, 3.63) is 41.2 Å². The van der Waals surface area contributed by atoms with Gasteiger partial charge in [-0.15, -0.1) is 0 Å². The minimum atomic E-state index is -0.542. The lowest BCUT2D eigenvalue weighted by Gasteiger charge is -2.38. The summed E-state index contributed by atoms with van der Waals surface area (Å²) in [5, 5.41) is 24.1. The van der Waals surface area contributed by atoms with E-state index in [9.17, 15) is 14.7 Å². The molecule has 3 amide bonds. The number of amides is 3. The van der Waals surface area contributed by atoms with E-state index in [1.165, 1.54) is 5.01 Å². The van der Waals surface area contributed by atoms with Gasteiger partial charge in [-0.1, -0.05) is 13.8 Å². The van der Waals surface area contributed by atoms with Crippen LogP contribution in [0.4, 0.5) is 10.5 Å². The van der Waals surface area contributed by atoms with E-state index in [1.54, 1.807) is 31.2 Å². The van der Waals surface area contributed by atoms with Crippen molar-refractivity contribution in [2.45, 2.75) is 26.7 Å². The molecule has 1 heterocycles. The van der Waals surface area contributed by atoms with Crippen LogP contribution in [0.1, 0.15) is 32.3 Å². The van der Waals surface area contributed by atoms with Gasteiger partial charge in [-0.25, -0.2) is 4.79 Å². The molecule has 0 spiro atoms. The van der Waals surface area contributed by atoms with E-state index in [0.717, 1.165) is 11.4 Å². The smallest absolute Gasteiger partial charge is 0.343 e. The zero-order valence-electron chi connectivity index (χ0n) is 13.7. The van der Waals surface area contributed by atoms with Gasteiger partial charge in [-0.2, -0.15) is 10.3 Å². The van der Waals surface area contributed by atoms with Crippen molar-refractivity contribution in [1.29, 1.82) is 5.26 Å². The highest BCUT2D eigenvalue weighted by Crippen LogP contribution is 2.26. The Labute approximate surface area is 140 Å². The van der Waals surface area contributed by atoms with Gasteiger partial charge in [-0.3, -0.25) is 9.80 Å². The first-order chi connectivity index (χ1) is 11.5. The van der Waals surface area contributed by atoms with Gasteiger partial charge in [0.25, 0.3) is 5.91 Å². The maximum absolute atomic E-state index is 12.6. The van der Waals surface area contributed by atoms with Gasteiger partial charge in [0.1, 0.15) is 5.76 Å². The van der Waals surface area contributed by atoms with Crippen LogP contribution in [-0.4, -0.2) is 35.1 Å². The zero-order valence-corrected chi connectivity index (χ0v) is 13.7. The predicted molar refractivity (Wildman–Crippen MR) is 89.0 cm³/mol. The molecule has 0 radical (unpaired) electrons. The van der Waals surface area contributed by atoms with Gasteiger partial charge in [0.05, 0.1) is 29.4 Å². The minimum Gasteiger partial charge on any atom is -0.510 e. The summed E-state index contributed by atoms with van der Waals surface area (Å²) < 4.78 is 0. The van der Waals surface area contributed by atoms with Gasteiger partial charge in [0, 0.05) is 6.54 Å². The first-order valence-electron chi connectivity index (χ1n) is 7.84. The predicted octanol–water partition coefficient (Wildman–Crippen LogP) is 2.46. The highest BCUT2D eigenvalue weighted by Gasteiger charge is 2.36. The Bertz CT molecular complexity index is 704.